The van der Waals surface area contributed by atoms with Crippen LogP contribution in [0.3, 0.4) is 0 Å². The fraction of sp³-hybridized carbons (Fsp3) is 0.350. The number of rotatable bonds is 6. The molecule has 2 aliphatic rings. The van der Waals surface area contributed by atoms with E-state index in [1.165, 1.54) is 0 Å². The van der Waals surface area contributed by atoms with Crippen LogP contribution in [0.4, 0.5) is 5.69 Å². The van der Waals surface area contributed by atoms with Gasteiger partial charge in [-0.1, -0.05) is 23.7 Å². The number of anilines is 1. The minimum Gasteiger partial charge on any atom is -0.312 e. The van der Waals surface area contributed by atoms with Crippen molar-refractivity contribution in [3.05, 3.63) is 57.0 Å². The molecule has 0 bridgehead atoms. The van der Waals surface area contributed by atoms with Crippen LogP contribution in [0.5, 0.6) is 0 Å². The van der Waals surface area contributed by atoms with Crippen molar-refractivity contribution in [1.82, 2.24) is 4.72 Å². The summed E-state index contributed by atoms with van der Waals surface area (Å²) in [5.41, 5.74) is 2.72. The van der Waals surface area contributed by atoms with E-state index in [9.17, 15) is 13.2 Å². The van der Waals surface area contributed by atoms with Gasteiger partial charge in [0, 0.05) is 34.2 Å². The maximum absolute atomic E-state index is 12.9. The van der Waals surface area contributed by atoms with Gasteiger partial charge in [-0.15, -0.1) is 0 Å². The quantitative estimate of drug-likeness (QED) is 0.677. The summed E-state index contributed by atoms with van der Waals surface area (Å²) < 4.78 is 28.9. The van der Waals surface area contributed by atoms with Crippen molar-refractivity contribution in [2.45, 2.75) is 30.6 Å². The number of hydrogen-bond donors (Lipinski definition) is 1. The van der Waals surface area contributed by atoms with Gasteiger partial charge < -0.3 is 4.90 Å². The highest BCUT2D eigenvalue weighted by molar-refractivity contribution is 9.10. The van der Waals surface area contributed by atoms with Crippen molar-refractivity contribution in [2.75, 3.05) is 18.0 Å². The van der Waals surface area contributed by atoms with Crippen molar-refractivity contribution >= 4 is 49.1 Å². The molecule has 8 heteroatoms. The summed E-state index contributed by atoms with van der Waals surface area (Å²) in [7, 11) is -3.71. The van der Waals surface area contributed by atoms with Gasteiger partial charge in [0.2, 0.25) is 15.9 Å². The van der Waals surface area contributed by atoms with Gasteiger partial charge in [-0.25, -0.2) is 13.1 Å². The minimum atomic E-state index is -3.71. The fourth-order valence-electron chi connectivity index (χ4n) is 3.43. The second kappa shape index (κ2) is 7.78. The van der Waals surface area contributed by atoms with E-state index in [4.69, 9.17) is 11.6 Å². The van der Waals surface area contributed by atoms with E-state index in [0.29, 0.717) is 22.5 Å². The highest BCUT2D eigenvalue weighted by Gasteiger charge is 2.37. The lowest BCUT2D eigenvalue weighted by Crippen LogP contribution is -2.30. The van der Waals surface area contributed by atoms with E-state index in [1.807, 2.05) is 18.2 Å². The first-order chi connectivity index (χ1) is 13.3. The van der Waals surface area contributed by atoms with Crippen molar-refractivity contribution in [3.8, 4) is 0 Å². The van der Waals surface area contributed by atoms with Crippen molar-refractivity contribution < 1.29 is 13.2 Å². The second-order valence-electron chi connectivity index (χ2n) is 7.20. The van der Waals surface area contributed by atoms with E-state index >= 15 is 0 Å². The molecular formula is C20H20BrClN2O3S. The maximum Gasteiger partial charge on any atom is 0.241 e. The normalized spacial score (nSPS) is 16.3. The average molecular weight is 484 g/mol. The van der Waals surface area contributed by atoms with E-state index < -0.39 is 10.0 Å². The third-order valence-corrected chi connectivity index (χ3v) is 7.80. The van der Waals surface area contributed by atoms with Crippen molar-refractivity contribution in [2.24, 2.45) is 5.92 Å². The summed E-state index contributed by atoms with van der Waals surface area (Å²) >= 11 is 9.27. The first-order valence-electron chi connectivity index (χ1n) is 9.23. The molecule has 0 unspecified atom stereocenters. The Balaban J connectivity index is 1.51. The third-order valence-electron chi connectivity index (χ3n) is 5.13. The minimum absolute atomic E-state index is 0.104. The van der Waals surface area contributed by atoms with Crippen LogP contribution < -0.4 is 9.62 Å². The molecule has 1 aliphatic heterocycles. The van der Waals surface area contributed by atoms with Crippen LogP contribution in [0.15, 0.2) is 45.8 Å². The molecule has 0 saturated heterocycles. The lowest BCUT2D eigenvalue weighted by molar-refractivity contribution is -0.119. The van der Waals surface area contributed by atoms with Gasteiger partial charge in [0.25, 0.3) is 0 Å². The summed E-state index contributed by atoms with van der Waals surface area (Å²) in [4.78, 5) is 14.4. The van der Waals surface area contributed by atoms with E-state index in [2.05, 4.69) is 20.7 Å². The Morgan fingerprint density at radius 1 is 1.21 bits per heavy atom. The summed E-state index contributed by atoms with van der Waals surface area (Å²) in [5, 5.41) is 0.650. The number of nitrogens with zero attached hydrogens (tertiary/aromatic N) is 1. The number of carbonyl (C=O) groups is 1. The maximum atomic E-state index is 12.9. The molecule has 0 radical (unpaired) electrons. The lowest BCUT2D eigenvalue weighted by Gasteiger charge is -2.18. The number of hydrogen-bond acceptors (Lipinski definition) is 3. The van der Waals surface area contributed by atoms with Crippen molar-refractivity contribution in [1.29, 1.82) is 0 Å². The molecular weight excluding hydrogens is 464 g/mol. The number of sulfonamides is 1. The highest BCUT2D eigenvalue weighted by Crippen LogP contribution is 2.39. The van der Waals surface area contributed by atoms with Crippen LogP contribution >= 0.6 is 27.5 Å². The van der Waals surface area contributed by atoms with Gasteiger partial charge in [0.1, 0.15) is 0 Å². The van der Waals surface area contributed by atoms with Gasteiger partial charge >= 0.3 is 0 Å². The molecule has 2 aromatic carbocycles. The first kappa shape index (κ1) is 19.9. The second-order valence-corrected chi connectivity index (χ2v) is 10.2. The van der Waals surface area contributed by atoms with Gasteiger partial charge in [-0.2, -0.15) is 0 Å². The fourth-order valence-corrected chi connectivity index (χ4v) is 5.70. The highest BCUT2D eigenvalue weighted by atomic mass is 79.9. The molecule has 0 aromatic heterocycles. The van der Waals surface area contributed by atoms with Gasteiger partial charge in [-0.3, -0.25) is 4.79 Å². The van der Waals surface area contributed by atoms with Crippen LogP contribution in [-0.4, -0.2) is 27.4 Å². The molecule has 0 atom stereocenters. The molecule has 148 valence electrons. The van der Waals surface area contributed by atoms with E-state index in [1.54, 1.807) is 23.1 Å². The Labute approximate surface area is 178 Å². The number of nitrogens with one attached hydrogen (secondary N) is 1. The van der Waals surface area contributed by atoms with Crippen LogP contribution in [0.2, 0.25) is 5.02 Å². The predicted octanol–water partition coefficient (Wildman–Crippen LogP) is 3.92. The van der Waals surface area contributed by atoms with Crippen LogP contribution in [0, 0.1) is 5.92 Å². The number of benzene rings is 2. The van der Waals surface area contributed by atoms with Crippen LogP contribution in [0.1, 0.15) is 24.0 Å². The third kappa shape index (κ3) is 4.13. The predicted molar refractivity (Wildman–Crippen MR) is 113 cm³/mol. The molecule has 0 spiro atoms. The number of halogens is 2. The Morgan fingerprint density at radius 2 is 1.93 bits per heavy atom. The molecule has 1 amide bonds. The lowest BCUT2D eigenvalue weighted by atomic mass is 10.2. The Kier molecular flexibility index (Phi) is 5.53. The Morgan fingerprint density at radius 3 is 2.61 bits per heavy atom. The molecule has 28 heavy (non-hydrogen) atoms. The topological polar surface area (TPSA) is 66.5 Å². The zero-order valence-corrected chi connectivity index (χ0v) is 18.3. The SMILES string of the molecule is O=C(C1CC1)N1CCc2cc(Br)c(S(=O)(=O)NCCc3ccc(Cl)cc3)cc21. The van der Waals surface area contributed by atoms with E-state index in [-0.39, 0.29) is 23.3 Å². The zero-order valence-electron chi connectivity index (χ0n) is 15.1. The summed E-state index contributed by atoms with van der Waals surface area (Å²) in [6.07, 6.45) is 3.17. The summed E-state index contributed by atoms with van der Waals surface area (Å²) in [6.45, 7) is 0.892. The smallest absolute Gasteiger partial charge is 0.241 e. The summed E-state index contributed by atoms with van der Waals surface area (Å²) in [6, 6.07) is 10.8. The molecule has 1 fully saturated rings. The standard InChI is InChI=1S/C20H20BrClN2O3S/c21-17-11-15-8-10-24(20(25)14-3-4-14)18(15)12-19(17)28(26,27)23-9-7-13-1-5-16(22)6-2-13/h1-2,5-6,11-12,14,23H,3-4,7-10H2. The molecule has 5 nitrogen and oxygen atoms in total. The van der Waals surface area contributed by atoms with Gasteiger partial charge in [-0.05, 0) is 77.0 Å². The van der Waals surface area contributed by atoms with Crippen LogP contribution in [-0.2, 0) is 27.7 Å². The molecule has 2 aromatic rings. The molecule has 1 heterocycles. The number of fused-ring (bicyclic) bond motifs is 1. The first-order valence-corrected chi connectivity index (χ1v) is 11.9. The molecule has 4 rings (SSSR count). The monoisotopic (exact) mass is 482 g/mol. The Bertz CT molecular complexity index is 1020. The van der Waals surface area contributed by atoms with Crippen molar-refractivity contribution in [3.63, 3.8) is 0 Å². The largest absolute Gasteiger partial charge is 0.312 e. The van der Waals surface area contributed by atoms with Gasteiger partial charge in [0.15, 0.2) is 0 Å². The van der Waals surface area contributed by atoms with E-state index in [0.717, 1.165) is 36.1 Å². The molecule has 1 saturated carbocycles. The van der Waals surface area contributed by atoms with Crippen LogP contribution in [0.25, 0.3) is 0 Å². The average Bonchev–Trinajstić information content (AvgIpc) is 3.42. The Hall–Kier alpha value is -1.41. The molecule has 1 N–H and O–H groups in total. The number of amides is 1. The molecule has 1 aliphatic carbocycles. The van der Waals surface area contributed by atoms with Gasteiger partial charge in [0.05, 0.1) is 4.90 Å². The number of carbonyl (C=O) groups excluding carboxylic acids is 1. The zero-order chi connectivity index (χ0) is 19.9. The summed E-state index contributed by atoms with van der Waals surface area (Å²) in [5.74, 6) is 0.215.